The third-order valence-electron chi connectivity index (χ3n) is 2.25. The summed E-state index contributed by atoms with van der Waals surface area (Å²) in [5, 5.41) is 3.25. The normalized spacial score (nSPS) is 10.1. The fourth-order valence-corrected chi connectivity index (χ4v) is 1.78. The number of rotatable bonds is 3. The van der Waals surface area contributed by atoms with Crippen LogP contribution in [0.3, 0.4) is 0 Å². The third kappa shape index (κ3) is 2.40. The molecule has 4 heteroatoms. The van der Waals surface area contributed by atoms with Crippen molar-refractivity contribution in [1.82, 2.24) is 4.98 Å². The minimum Gasteiger partial charge on any atom is -0.339 e. The maximum atomic E-state index is 5.67. The van der Waals surface area contributed by atoms with Gasteiger partial charge in [0.2, 0.25) is 0 Å². The first-order valence-electron chi connectivity index (χ1n) is 4.97. The van der Waals surface area contributed by atoms with Crippen LogP contribution in [0.4, 0.5) is 11.5 Å². The summed E-state index contributed by atoms with van der Waals surface area (Å²) in [7, 11) is 0. The van der Waals surface area contributed by atoms with Crippen molar-refractivity contribution < 1.29 is 0 Å². The van der Waals surface area contributed by atoms with Crippen molar-refractivity contribution in [3.05, 3.63) is 52.6 Å². The van der Waals surface area contributed by atoms with E-state index in [0.717, 1.165) is 21.5 Å². The average molecular weight is 278 g/mol. The quantitative estimate of drug-likeness (QED) is 0.907. The highest BCUT2D eigenvalue weighted by Gasteiger charge is 2.03. The Hall–Kier alpha value is -1.39. The summed E-state index contributed by atoms with van der Waals surface area (Å²) in [4.78, 5) is 4.25. The van der Waals surface area contributed by atoms with Crippen molar-refractivity contribution in [2.75, 3.05) is 5.32 Å². The molecule has 0 unspecified atom stereocenters. The second-order valence-corrected chi connectivity index (χ2v) is 4.17. The Labute approximate surface area is 103 Å². The first kappa shape index (κ1) is 11.1. The van der Waals surface area contributed by atoms with Gasteiger partial charge < -0.3 is 11.1 Å². The molecule has 0 fully saturated rings. The number of hydrogen-bond donors (Lipinski definition) is 2. The minimum atomic E-state index is 0.508. The summed E-state index contributed by atoms with van der Waals surface area (Å²) in [6.07, 6.45) is 1.75. The zero-order chi connectivity index (χ0) is 11.4. The molecule has 0 spiro atoms. The average Bonchev–Trinajstić information content (AvgIpc) is 2.33. The van der Waals surface area contributed by atoms with Crippen LogP contribution in [0.15, 0.2) is 47.1 Å². The van der Waals surface area contributed by atoms with Crippen LogP contribution in [0.25, 0.3) is 0 Å². The van der Waals surface area contributed by atoms with E-state index in [0.29, 0.717) is 6.54 Å². The van der Waals surface area contributed by atoms with E-state index < -0.39 is 0 Å². The minimum absolute atomic E-state index is 0.508. The van der Waals surface area contributed by atoms with E-state index in [4.69, 9.17) is 5.73 Å². The van der Waals surface area contributed by atoms with Gasteiger partial charge in [-0.1, -0.05) is 18.2 Å². The number of benzene rings is 1. The van der Waals surface area contributed by atoms with E-state index >= 15 is 0 Å². The van der Waals surface area contributed by atoms with Crippen LogP contribution in [-0.2, 0) is 6.54 Å². The molecule has 0 aliphatic rings. The van der Waals surface area contributed by atoms with Gasteiger partial charge in [-0.05, 0) is 39.7 Å². The lowest BCUT2D eigenvalue weighted by molar-refractivity contribution is 1.07. The molecule has 1 aromatic carbocycles. The first-order chi connectivity index (χ1) is 7.81. The molecular formula is C12H12BrN3. The molecular weight excluding hydrogens is 266 g/mol. The number of pyridine rings is 1. The largest absolute Gasteiger partial charge is 0.339 e. The van der Waals surface area contributed by atoms with Crippen LogP contribution in [-0.4, -0.2) is 4.98 Å². The maximum Gasteiger partial charge on any atom is 0.144 e. The first-order valence-corrected chi connectivity index (χ1v) is 5.76. The van der Waals surface area contributed by atoms with Gasteiger partial charge in [-0.25, -0.2) is 4.98 Å². The van der Waals surface area contributed by atoms with E-state index in [9.17, 15) is 0 Å². The zero-order valence-corrected chi connectivity index (χ0v) is 10.2. The van der Waals surface area contributed by atoms with Crippen LogP contribution in [0.1, 0.15) is 5.56 Å². The Kier molecular flexibility index (Phi) is 3.54. The number of nitrogens with two attached hydrogens (primary N) is 1. The van der Waals surface area contributed by atoms with Crippen LogP contribution >= 0.6 is 15.9 Å². The predicted octanol–water partition coefficient (Wildman–Crippen LogP) is 3.05. The fraction of sp³-hybridized carbons (Fsp3) is 0.0833. The monoisotopic (exact) mass is 277 g/mol. The van der Waals surface area contributed by atoms with Crippen LogP contribution in [0, 0.1) is 0 Å². The molecule has 2 rings (SSSR count). The van der Waals surface area contributed by atoms with Gasteiger partial charge in [0, 0.05) is 18.4 Å². The molecule has 1 aromatic heterocycles. The molecule has 0 amide bonds. The van der Waals surface area contributed by atoms with Gasteiger partial charge in [0.15, 0.2) is 0 Å². The molecule has 2 aromatic rings. The molecule has 1 heterocycles. The predicted molar refractivity (Wildman–Crippen MR) is 69.6 cm³/mol. The van der Waals surface area contributed by atoms with Gasteiger partial charge in [-0.2, -0.15) is 0 Å². The molecule has 3 N–H and O–H groups in total. The molecule has 3 nitrogen and oxygen atoms in total. The SMILES string of the molecule is NCc1ccccc1Nc1ncccc1Br. The lowest BCUT2D eigenvalue weighted by atomic mass is 10.2. The van der Waals surface area contributed by atoms with Gasteiger partial charge in [-0.3, -0.25) is 0 Å². The fourth-order valence-electron chi connectivity index (χ4n) is 1.43. The second kappa shape index (κ2) is 5.09. The lowest BCUT2D eigenvalue weighted by Crippen LogP contribution is -2.02. The van der Waals surface area contributed by atoms with Crippen molar-refractivity contribution in [2.45, 2.75) is 6.54 Å². The van der Waals surface area contributed by atoms with E-state index in [1.165, 1.54) is 0 Å². The Morgan fingerprint density at radius 1 is 1.19 bits per heavy atom. The smallest absolute Gasteiger partial charge is 0.144 e. The molecule has 0 atom stereocenters. The molecule has 0 bridgehead atoms. The third-order valence-corrected chi connectivity index (χ3v) is 2.89. The molecule has 0 saturated heterocycles. The van der Waals surface area contributed by atoms with Gasteiger partial charge in [0.05, 0.1) is 4.47 Å². The van der Waals surface area contributed by atoms with Crippen LogP contribution in [0.5, 0.6) is 0 Å². The number of nitrogens with one attached hydrogen (secondary N) is 1. The van der Waals surface area contributed by atoms with Crippen molar-refractivity contribution in [2.24, 2.45) is 5.73 Å². The van der Waals surface area contributed by atoms with Crippen molar-refractivity contribution >= 4 is 27.4 Å². The summed E-state index contributed by atoms with van der Waals surface area (Å²) < 4.78 is 0.932. The summed E-state index contributed by atoms with van der Waals surface area (Å²) in [5.74, 6) is 0.795. The second-order valence-electron chi connectivity index (χ2n) is 3.32. The van der Waals surface area contributed by atoms with Crippen molar-refractivity contribution in [3.63, 3.8) is 0 Å². The van der Waals surface area contributed by atoms with E-state index in [1.54, 1.807) is 6.20 Å². The summed E-state index contributed by atoms with van der Waals surface area (Å²) in [6, 6.07) is 11.8. The highest BCUT2D eigenvalue weighted by atomic mass is 79.9. The van der Waals surface area contributed by atoms with Crippen molar-refractivity contribution in [3.8, 4) is 0 Å². The summed E-state index contributed by atoms with van der Waals surface area (Å²) in [6.45, 7) is 0.508. The van der Waals surface area contributed by atoms with Gasteiger partial charge in [0.1, 0.15) is 5.82 Å². The Morgan fingerprint density at radius 3 is 2.75 bits per heavy atom. The molecule has 0 aliphatic heterocycles. The number of hydrogen-bond acceptors (Lipinski definition) is 3. The van der Waals surface area contributed by atoms with Crippen molar-refractivity contribution in [1.29, 1.82) is 0 Å². The standard InChI is InChI=1S/C12H12BrN3/c13-10-5-3-7-15-12(10)16-11-6-2-1-4-9(11)8-14/h1-7H,8,14H2,(H,15,16). The van der Waals surface area contributed by atoms with Gasteiger partial charge >= 0.3 is 0 Å². The van der Waals surface area contributed by atoms with E-state index in [-0.39, 0.29) is 0 Å². The van der Waals surface area contributed by atoms with E-state index in [1.807, 2.05) is 36.4 Å². The highest BCUT2D eigenvalue weighted by molar-refractivity contribution is 9.10. The lowest BCUT2D eigenvalue weighted by Gasteiger charge is -2.10. The number of para-hydroxylation sites is 1. The van der Waals surface area contributed by atoms with Gasteiger partial charge in [-0.15, -0.1) is 0 Å². The maximum absolute atomic E-state index is 5.67. The number of nitrogens with zero attached hydrogens (tertiary/aromatic N) is 1. The van der Waals surface area contributed by atoms with Crippen LogP contribution < -0.4 is 11.1 Å². The van der Waals surface area contributed by atoms with Crippen LogP contribution in [0.2, 0.25) is 0 Å². The number of anilines is 2. The highest BCUT2D eigenvalue weighted by Crippen LogP contribution is 2.24. The Morgan fingerprint density at radius 2 is 2.00 bits per heavy atom. The molecule has 0 aliphatic carbocycles. The number of aromatic nitrogens is 1. The molecule has 0 radical (unpaired) electrons. The van der Waals surface area contributed by atoms with Gasteiger partial charge in [0.25, 0.3) is 0 Å². The summed E-state index contributed by atoms with van der Waals surface area (Å²) in [5.41, 5.74) is 7.73. The summed E-state index contributed by atoms with van der Waals surface area (Å²) >= 11 is 3.44. The molecule has 0 saturated carbocycles. The number of halogens is 1. The topological polar surface area (TPSA) is 50.9 Å². The van der Waals surface area contributed by atoms with E-state index in [2.05, 4.69) is 26.2 Å². The Balaban J connectivity index is 2.30. The molecule has 16 heavy (non-hydrogen) atoms. The zero-order valence-electron chi connectivity index (χ0n) is 8.65. The molecule has 82 valence electrons. The Bertz CT molecular complexity index is 485.